The molecule has 0 aliphatic carbocycles. The van der Waals surface area contributed by atoms with Crippen molar-refractivity contribution in [1.82, 2.24) is 4.90 Å². The third-order valence-electron chi connectivity index (χ3n) is 4.44. The quantitative estimate of drug-likeness (QED) is 0.810. The van der Waals surface area contributed by atoms with Gasteiger partial charge in [-0.05, 0) is 37.6 Å². The van der Waals surface area contributed by atoms with Crippen LogP contribution < -0.4 is 10.1 Å². The minimum atomic E-state index is -0.861. The number of hydrogen-bond acceptors (Lipinski definition) is 5. The molecule has 0 spiro atoms. The van der Waals surface area contributed by atoms with Crippen molar-refractivity contribution in [1.29, 1.82) is 0 Å². The predicted octanol–water partition coefficient (Wildman–Crippen LogP) is 1.68. The van der Waals surface area contributed by atoms with Gasteiger partial charge in [-0.25, -0.2) is 0 Å². The average molecular weight is 350 g/mol. The number of nitrogens with zero attached hydrogens (tertiary/aromatic N) is 1. The number of benzene rings is 1. The summed E-state index contributed by atoms with van der Waals surface area (Å²) in [5, 5.41) is 2.82. The first-order chi connectivity index (χ1) is 12.0. The highest BCUT2D eigenvalue weighted by Gasteiger charge is 2.30. The largest absolute Gasteiger partial charge is 0.484 e. The van der Waals surface area contributed by atoms with Crippen molar-refractivity contribution in [3.63, 3.8) is 0 Å². The molecule has 1 fully saturated rings. The van der Waals surface area contributed by atoms with Crippen LogP contribution in [0.4, 0.5) is 5.69 Å². The molecule has 25 heavy (non-hydrogen) atoms. The number of carbonyl (C=O) groups is 2. The van der Waals surface area contributed by atoms with Crippen LogP contribution in [0.25, 0.3) is 0 Å². The fourth-order valence-electron chi connectivity index (χ4n) is 2.34. The molecule has 2 rings (SSSR count). The molecule has 1 aromatic carbocycles. The Balaban J connectivity index is 1.85. The van der Waals surface area contributed by atoms with E-state index in [4.69, 9.17) is 14.2 Å². The molecule has 0 radical (unpaired) electrons. The summed E-state index contributed by atoms with van der Waals surface area (Å²) in [4.78, 5) is 26.0. The van der Waals surface area contributed by atoms with E-state index in [1.807, 2.05) is 6.92 Å². The summed E-state index contributed by atoms with van der Waals surface area (Å²) in [5.74, 6) is 0.317. The van der Waals surface area contributed by atoms with Crippen LogP contribution in [-0.4, -0.2) is 62.3 Å². The second-order valence-corrected chi connectivity index (χ2v) is 6.05. The van der Waals surface area contributed by atoms with E-state index in [1.54, 1.807) is 36.1 Å². The van der Waals surface area contributed by atoms with E-state index in [9.17, 15) is 9.59 Å². The van der Waals surface area contributed by atoms with Crippen LogP contribution in [0.2, 0.25) is 0 Å². The second-order valence-electron chi connectivity index (χ2n) is 6.05. The summed E-state index contributed by atoms with van der Waals surface area (Å²) < 4.78 is 16.0. The molecule has 1 saturated heterocycles. The smallest absolute Gasteiger partial charge is 0.260 e. The van der Waals surface area contributed by atoms with Crippen LogP contribution in [-0.2, 0) is 19.1 Å². The lowest BCUT2D eigenvalue weighted by molar-refractivity contribution is -0.137. The zero-order valence-corrected chi connectivity index (χ0v) is 15.0. The Hall–Kier alpha value is -2.12. The van der Waals surface area contributed by atoms with Gasteiger partial charge in [0, 0.05) is 25.9 Å². The Bertz CT molecular complexity index is 578. The summed E-state index contributed by atoms with van der Waals surface area (Å²) in [5.41, 5.74) is -0.215. The van der Waals surface area contributed by atoms with Gasteiger partial charge >= 0.3 is 0 Å². The van der Waals surface area contributed by atoms with Gasteiger partial charge in [-0.2, -0.15) is 0 Å². The predicted molar refractivity (Wildman–Crippen MR) is 93.7 cm³/mol. The van der Waals surface area contributed by atoms with E-state index >= 15 is 0 Å². The van der Waals surface area contributed by atoms with Gasteiger partial charge in [0.15, 0.2) is 6.61 Å². The molecular weight excluding hydrogens is 324 g/mol. The van der Waals surface area contributed by atoms with E-state index in [0.717, 1.165) is 0 Å². The Kier molecular flexibility index (Phi) is 6.78. The number of hydrogen-bond donors (Lipinski definition) is 1. The van der Waals surface area contributed by atoms with Crippen LogP contribution in [0.5, 0.6) is 5.75 Å². The molecule has 7 nitrogen and oxygen atoms in total. The summed E-state index contributed by atoms with van der Waals surface area (Å²) in [6.45, 7) is 5.97. The highest BCUT2D eigenvalue weighted by Crippen LogP contribution is 2.20. The van der Waals surface area contributed by atoms with Crippen molar-refractivity contribution in [3.05, 3.63) is 24.3 Å². The average Bonchev–Trinajstić information content (AvgIpc) is 2.67. The molecule has 0 bridgehead atoms. The maximum absolute atomic E-state index is 12.2. The summed E-state index contributed by atoms with van der Waals surface area (Å²) >= 11 is 0. The fraction of sp³-hybridized carbons (Fsp3) is 0.556. The van der Waals surface area contributed by atoms with Gasteiger partial charge in [-0.1, -0.05) is 6.92 Å². The highest BCUT2D eigenvalue weighted by molar-refractivity contribution is 5.97. The molecule has 2 amide bonds. The van der Waals surface area contributed by atoms with Gasteiger partial charge < -0.3 is 24.4 Å². The molecule has 1 N–H and O–H groups in total. The van der Waals surface area contributed by atoms with Crippen molar-refractivity contribution in [2.75, 3.05) is 45.3 Å². The van der Waals surface area contributed by atoms with Crippen LogP contribution in [0.1, 0.15) is 20.3 Å². The van der Waals surface area contributed by atoms with Crippen LogP contribution in [0, 0.1) is 0 Å². The third-order valence-corrected chi connectivity index (χ3v) is 4.44. The fourth-order valence-corrected chi connectivity index (χ4v) is 2.34. The molecule has 7 heteroatoms. The first kappa shape index (κ1) is 19.2. The number of anilines is 1. The number of carbonyl (C=O) groups excluding carboxylic acids is 2. The number of amides is 2. The van der Waals surface area contributed by atoms with Crippen LogP contribution >= 0.6 is 0 Å². The maximum Gasteiger partial charge on any atom is 0.260 e. The lowest BCUT2D eigenvalue weighted by Gasteiger charge is -2.26. The Labute approximate surface area is 148 Å². The lowest BCUT2D eigenvalue weighted by atomic mass is 10.0. The van der Waals surface area contributed by atoms with Crippen LogP contribution in [0.3, 0.4) is 0 Å². The Morgan fingerprint density at radius 2 is 1.88 bits per heavy atom. The normalized spacial score (nSPS) is 16.8. The summed E-state index contributed by atoms with van der Waals surface area (Å²) in [7, 11) is 1.52. The van der Waals surface area contributed by atoms with Gasteiger partial charge in [-0.3, -0.25) is 9.59 Å². The number of methoxy groups -OCH3 is 1. The molecule has 0 saturated carbocycles. The van der Waals surface area contributed by atoms with E-state index in [-0.39, 0.29) is 18.4 Å². The number of ether oxygens (including phenoxy) is 3. The van der Waals surface area contributed by atoms with E-state index in [2.05, 4.69) is 5.32 Å². The first-order valence-electron chi connectivity index (χ1n) is 8.43. The van der Waals surface area contributed by atoms with Crippen molar-refractivity contribution in [2.45, 2.75) is 25.9 Å². The second kappa shape index (κ2) is 8.82. The van der Waals surface area contributed by atoms with Gasteiger partial charge in [-0.15, -0.1) is 0 Å². The minimum absolute atomic E-state index is 0.0106. The lowest BCUT2D eigenvalue weighted by Crippen LogP contribution is -2.43. The molecule has 1 aliphatic rings. The van der Waals surface area contributed by atoms with Gasteiger partial charge in [0.2, 0.25) is 0 Å². The summed E-state index contributed by atoms with van der Waals surface area (Å²) in [6.07, 6.45) is 0.570. The molecule has 0 unspecified atom stereocenters. The van der Waals surface area contributed by atoms with Crippen molar-refractivity contribution in [2.24, 2.45) is 0 Å². The molecule has 1 heterocycles. The molecule has 1 aromatic rings. The van der Waals surface area contributed by atoms with E-state index in [1.165, 1.54) is 7.11 Å². The third kappa shape index (κ3) is 5.17. The zero-order chi connectivity index (χ0) is 18.3. The maximum atomic E-state index is 12.2. The zero-order valence-electron chi connectivity index (χ0n) is 15.0. The number of morpholine rings is 1. The molecule has 1 aliphatic heterocycles. The van der Waals surface area contributed by atoms with Crippen LogP contribution in [0.15, 0.2) is 24.3 Å². The summed E-state index contributed by atoms with van der Waals surface area (Å²) in [6, 6.07) is 6.91. The highest BCUT2D eigenvalue weighted by atomic mass is 16.5. The standard InChI is InChI=1S/C18H26N2O5/c1-4-18(2,23-3)17(22)19-14-5-7-15(8-6-14)25-13-16(21)20-9-11-24-12-10-20/h5-8H,4,9-13H2,1-3H3,(H,19,22)/t18-/m1/s1. The number of nitrogens with one attached hydrogen (secondary N) is 1. The SMILES string of the molecule is CC[C@@](C)(OC)C(=O)Nc1ccc(OCC(=O)N2CCOCC2)cc1. The molecule has 0 aromatic heterocycles. The minimum Gasteiger partial charge on any atom is -0.484 e. The molecule has 1 atom stereocenters. The van der Waals surface area contributed by atoms with Gasteiger partial charge in [0.25, 0.3) is 11.8 Å². The topological polar surface area (TPSA) is 77.1 Å². The van der Waals surface area contributed by atoms with Crippen molar-refractivity contribution >= 4 is 17.5 Å². The first-order valence-corrected chi connectivity index (χ1v) is 8.43. The van der Waals surface area contributed by atoms with Crippen molar-refractivity contribution in [3.8, 4) is 5.75 Å². The van der Waals surface area contributed by atoms with Gasteiger partial charge in [0.05, 0.1) is 13.2 Å². The number of rotatable bonds is 7. The van der Waals surface area contributed by atoms with E-state index in [0.29, 0.717) is 44.2 Å². The van der Waals surface area contributed by atoms with Crippen molar-refractivity contribution < 1.29 is 23.8 Å². The molecule has 138 valence electrons. The monoisotopic (exact) mass is 350 g/mol. The van der Waals surface area contributed by atoms with E-state index < -0.39 is 5.60 Å². The Morgan fingerprint density at radius 3 is 2.44 bits per heavy atom. The Morgan fingerprint density at radius 1 is 1.24 bits per heavy atom. The molecular formula is C18H26N2O5. The van der Waals surface area contributed by atoms with Gasteiger partial charge in [0.1, 0.15) is 11.4 Å².